The zero-order valence-electron chi connectivity index (χ0n) is 11.4. The lowest BCUT2D eigenvalue weighted by atomic mass is 10.1. The second-order valence-corrected chi connectivity index (χ2v) is 4.64. The van der Waals surface area contributed by atoms with E-state index >= 15 is 0 Å². The Kier molecular flexibility index (Phi) is 4.14. The second-order valence-electron chi connectivity index (χ2n) is 4.64. The van der Waals surface area contributed by atoms with E-state index in [1.807, 2.05) is 6.92 Å². The normalized spacial score (nSPS) is 21.2. The summed E-state index contributed by atoms with van der Waals surface area (Å²) in [6, 6.07) is 0. The molecule has 0 amide bonds. The molecule has 0 aliphatic carbocycles. The average molecular weight is 250 g/mol. The van der Waals surface area contributed by atoms with Crippen molar-refractivity contribution in [2.24, 2.45) is 0 Å². The van der Waals surface area contributed by atoms with E-state index in [4.69, 9.17) is 10.5 Å². The Balaban J connectivity index is 2.23. The van der Waals surface area contributed by atoms with Gasteiger partial charge in [-0.3, -0.25) is 4.90 Å². The molecule has 2 N–H and O–H groups in total. The van der Waals surface area contributed by atoms with Gasteiger partial charge in [0.1, 0.15) is 11.9 Å². The number of anilines is 1. The van der Waals surface area contributed by atoms with Crippen molar-refractivity contribution in [1.82, 2.24) is 14.9 Å². The van der Waals surface area contributed by atoms with Crippen molar-refractivity contribution in [3.05, 3.63) is 17.1 Å². The Labute approximate surface area is 108 Å². The number of aryl methyl sites for hydroxylation is 1. The molecule has 2 rings (SSSR count). The molecule has 0 aromatic carbocycles. The maximum absolute atomic E-state index is 5.99. The predicted molar refractivity (Wildman–Crippen MR) is 71.4 cm³/mol. The van der Waals surface area contributed by atoms with Crippen molar-refractivity contribution in [2.45, 2.75) is 33.3 Å². The van der Waals surface area contributed by atoms with Crippen molar-refractivity contribution in [3.63, 3.8) is 0 Å². The zero-order valence-corrected chi connectivity index (χ0v) is 11.4. The highest BCUT2D eigenvalue weighted by atomic mass is 16.5. The highest BCUT2D eigenvalue weighted by Crippen LogP contribution is 2.22. The highest BCUT2D eigenvalue weighted by molar-refractivity contribution is 5.42. The number of likely N-dealkylation sites (N-methyl/N-ethyl adjacent to an activating group) is 1. The van der Waals surface area contributed by atoms with Crippen molar-refractivity contribution in [1.29, 1.82) is 0 Å². The minimum absolute atomic E-state index is 0.0504. The molecule has 100 valence electrons. The summed E-state index contributed by atoms with van der Waals surface area (Å²) in [5.74, 6) is 1.32. The molecule has 1 unspecified atom stereocenters. The number of ether oxygens (including phenoxy) is 1. The summed E-state index contributed by atoms with van der Waals surface area (Å²) in [7, 11) is 0. The zero-order chi connectivity index (χ0) is 13.1. The lowest BCUT2D eigenvalue weighted by Gasteiger charge is -2.31. The summed E-state index contributed by atoms with van der Waals surface area (Å²) in [5.41, 5.74) is 8.00. The van der Waals surface area contributed by atoms with E-state index in [1.54, 1.807) is 0 Å². The van der Waals surface area contributed by atoms with E-state index in [0.29, 0.717) is 5.82 Å². The first kappa shape index (κ1) is 13.2. The number of morpholine rings is 1. The molecule has 0 saturated carbocycles. The maximum atomic E-state index is 5.99. The van der Waals surface area contributed by atoms with Gasteiger partial charge in [-0.15, -0.1) is 0 Å². The van der Waals surface area contributed by atoms with E-state index in [2.05, 4.69) is 28.7 Å². The predicted octanol–water partition coefficient (Wildman–Crippen LogP) is 1.32. The Hall–Kier alpha value is -1.20. The van der Waals surface area contributed by atoms with E-state index in [-0.39, 0.29) is 6.10 Å². The molecule has 1 fully saturated rings. The van der Waals surface area contributed by atoms with Crippen LogP contribution >= 0.6 is 0 Å². The van der Waals surface area contributed by atoms with Gasteiger partial charge in [-0.1, -0.05) is 13.8 Å². The third-order valence-corrected chi connectivity index (χ3v) is 3.50. The fraction of sp³-hybridized carbons (Fsp3) is 0.692. The largest absolute Gasteiger partial charge is 0.383 e. The summed E-state index contributed by atoms with van der Waals surface area (Å²) < 4.78 is 5.76. The number of hydrogen-bond donors (Lipinski definition) is 1. The first-order valence-corrected chi connectivity index (χ1v) is 6.62. The Morgan fingerprint density at radius 1 is 1.39 bits per heavy atom. The van der Waals surface area contributed by atoms with Crippen molar-refractivity contribution in [3.8, 4) is 0 Å². The van der Waals surface area contributed by atoms with E-state index < -0.39 is 0 Å². The molecule has 0 spiro atoms. The van der Waals surface area contributed by atoms with Gasteiger partial charge in [0, 0.05) is 24.3 Å². The third kappa shape index (κ3) is 2.62. The fourth-order valence-electron chi connectivity index (χ4n) is 2.37. The van der Waals surface area contributed by atoms with Crippen LogP contribution < -0.4 is 5.73 Å². The smallest absolute Gasteiger partial charge is 0.161 e. The third-order valence-electron chi connectivity index (χ3n) is 3.50. The lowest BCUT2D eigenvalue weighted by Crippen LogP contribution is -2.38. The van der Waals surface area contributed by atoms with Gasteiger partial charge in [0.15, 0.2) is 5.82 Å². The van der Waals surface area contributed by atoms with Gasteiger partial charge in [0.05, 0.1) is 6.61 Å². The first-order chi connectivity index (χ1) is 8.65. The van der Waals surface area contributed by atoms with Crippen LogP contribution in [0.15, 0.2) is 0 Å². The Bertz CT molecular complexity index is 398. The first-order valence-electron chi connectivity index (χ1n) is 6.62. The van der Waals surface area contributed by atoms with Crippen LogP contribution in [0, 0.1) is 6.92 Å². The van der Waals surface area contributed by atoms with Gasteiger partial charge in [0.25, 0.3) is 0 Å². The van der Waals surface area contributed by atoms with Crippen LogP contribution in [0.4, 0.5) is 5.82 Å². The van der Waals surface area contributed by atoms with Crippen LogP contribution in [-0.4, -0.2) is 41.1 Å². The molecule has 2 heterocycles. The van der Waals surface area contributed by atoms with E-state index in [0.717, 1.165) is 49.7 Å². The summed E-state index contributed by atoms with van der Waals surface area (Å²) in [5, 5.41) is 0. The number of nitrogen functional groups attached to an aromatic ring is 1. The van der Waals surface area contributed by atoms with Gasteiger partial charge in [-0.25, -0.2) is 9.97 Å². The topological polar surface area (TPSA) is 64.3 Å². The number of aromatic nitrogens is 2. The van der Waals surface area contributed by atoms with Gasteiger partial charge in [-0.2, -0.15) is 0 Å². The molecule has 1 aliphatic heterocycles. The summed E-state index contributed by atoms with van der Waals surface area (Å²) in [6.45, 7) is 9.80. The standard InChI is InChI=1S/C13H22N4O/c1-4-10-9(3)15-13(16-12(10)14)11-8-17(5-2)6-7-18-11/h11H,4-8H2,1-3H3,(H2,14,15,16). The van der Waals surface area contributed by atoms with Crippen LogP contribution in [0.2, 0.25) is 0 Å². The van der Waals surface area contributed by atoms with Crippen molar-refractivity contribution >= 4 is 5.82 Å². The molecular weight excluding hydrogens is 228 g/mol. The minimum atomic E-state index is -0.0504. The van der Waals surface area contributed by atoms with Gasteiger partial charge >= 0.3 is 0 Å². The van der Waals surface area contributed by atoms with E-state index in [9.17, 15) is 0 Å². The van der Waals surface area contributed by atoms with Gasteiger partial charge in [-0.05, 0) is 19.9 Å². The monoisotopic (exact) mass is 250 g/mol. The Morgan fingerprint density at radius 3 is 2.78 bits per heavy atom. The molecule has 0 bridgehead atoms. The molecular formula is C13H22N4O. The van der Waals surface area contributed by atoms with Crippen LogP contribution in [0.25, 0.3) is 0 Å². The summed E-state index contributed by atoms with van der Waals surface area (Å²) in [6.07, 6.45) is 0.815. The molecule has 5 nitrogen and oxygen atoms in total. The molecule has 1 atom stereocenters. The molecule has 0 radical (unpaired) electrons. The Morgan fingerprint density at radius 2 is 2.17 bits per heavy atom. The van der Waals surface area contributed by atoms with Crippen LogP contribution in [0.5, 0.6) is 0 Å². The number of nitrogens with zero attached hydrogens (tertiary/aromatic N) is 3. The molecule has 1 aromatic rings. The van der Waals surface area contributed by atoms with Crippen molar-refractivity contribution in [2.75, 3.05) is 32.0 Å². The fourth-order valence-corrected chi connectivity index (χ4v) is 2.37. The molecule has 1 aromatic heterocycles. The van der Waals surface area contributed by atoms with Crippen LogP contribution in [0.3, 0.4) is 0 Å². The lowest BCUT2D eigenvalue weighted by molar-refractivity contribution is -0.0325. The van der Waals surface area contributed by atoms with Gasteiger partial charge in [0.2, 0.25) is 0 Å². The molecule has 1 saturated heterocycles. The highest BCUT2D eigenvalue weighted by Gasteiger charge is 2.24. The molecule has 1 aliphatic rings. The second kappa shape index (κ2) is 5.63. The van der Waals surface area contributed by atoms with Gasteiger partial charge < -0.3 is 10.5 Å². The quantitative estimate of drug-likeness (QED) is 0.876. The molecule has 18 heavy (non-hydrogen) atoms. The SMILES string of the molecule is CCc1c(C)nc(C2CN(CC)CCO2)nc1N. The number of hydrogen-bond acceptors (Lipinski definition) is 5. The van der Waals surface area contributed by atoms with E-state index in [1.165, 1.54) is 0 Å². The minimum Gasteiger partial charge on any atom is -0.383 e. The maximum Gasteiger partial charge on any atom is 0.161 e. The summed E-state index contributed by atoms with van der Waals surface area (Å²) in [4.78, 5) is 11.3. The van der Waals surface area contributed by atoms with Crippen LogP contribution in [-0.2, 0) is 11.2 Å². The van der Waals surface area contributed by atoms with Crippen molar-refractivity contribution < 1.29 is 4.74 Å². The van der Waals surface area contributed by atoms with Crippen LogP contribution in [0.1, 0.15) is 37.0 Å². The number of nitrogens with two attached hydrogens (primary N) is 1. The summed E-state index contributed by atoms with van der Waals surface area (Å²) >= 11 is 0. The molecule has 5 heteroatoms. The number of rotatable bonds is 3. The average Bonchev–Trinajstić information content (AvgIpc) is 2.38.